The second-order valence-electron chi connectivity index (χ2n) is 5.21. The molecule has 0 aromatic carbocycles. The van der Waals surface area contributed by atoms with E-state index in [1.54, 1.807) is 13.8 Å². The molecule has 2 unspecified atom stereocenters. The van der Waals surface area contributed by atoms with Crippen LogP contribution in [0.5, 0.6) is 0 Å². The molecule has 9 heteroatoms. The minimum Gasteiger partial charge on any atom is -0.480 e. The highest BCUT2D eigenvalue weighted by Crippen LogP contribution is 2.20. The first-order valence-corrected chi connectivity index (χ1v) is 7.92. The summed E-state index contributed by atoms with van der Waals surface area (Å²) in [5.74, 6) is -2.29. The average Bonchev–Trinajstić information content (AvgIpc) is 2.35. The van der Waals surface area contributed by atoms with Gasteiger partial charge < -0.3 is 10.8 Å². The van der Waals surface area contributed by atoms with Crippen LogP contribution in [0.15, 0.2) is 0 Å². The van der Waals surface area contributed by atoms with Crippen molar-refractivity contribution in [3.63, 3.8) is 0 Å². The normalized spacial score (nSPS) is 22.6. The van der Waals surface area contributed by atoms with Crippen molar-refractivity contribution >= 4 is 22.1 Å². The predicted molar refractivity (Wildman–Crippen MR) is 71.9 cm³/mol. The first kappa shape index (κ1) is 16.9. The molecule has 1 aliphatic rings. The zero-order valence-electron chi connectivity index (χ0n) is 11.6. The van der Waals surface area contributed by atoms with Crippen molar-refractivity contribution in [1.29, 1.82) is 0 Å². The van der Waals surface area contributed by atoms with Gasteiger partial charge in [0.25, 0.3) is 10.2 Å². The molecule has 0 aromatic rings. The van der Waals surface area contributed by atoms with Crippen molar-refractivity contribution in [2.24, 2.45) is 11.7 Å². The van der Waals surface area contributed by atoms with Crippen molar-refractivity contribution in [3.8, 4) is 0 Å². The van der Waals surface area contributed by atoms with Crippen LogP contribution in [0.1, 0.15) is 33.1 Å². The summed E-state index contributed by atoms with van der Waals surface area (Å²) < 4.78 is 27.6. The summed E-state index contributed by atoms with van der Waals surface area (Å²) in [7, 11) is -4.07. The maximum Gasteiger partial charge on any atom is 0.322 e. The number of nitrogens with two attached hydrogens (primary N) is 1. The Labute approximate surface area is 118 Å². The van der Waals surface area contributed by atoms with Gasteiger partial charge in [0.2, 0.25) is 5.91 Å². The Hall–Kier alpha value is -1.19. The maximum atomic E-state index is 12.3. The maximum absolute atomic E-state index is 12.3. The SMILES string of the molecule is CC(C)C(NS(=O)(=O)N1CCCCC1C(=O)O)C(N)=O. The first-order chi connectivity index (χ1) is 9.16. The largest absolute Gasteiger partial charge is 0.480 e. The Morgan fingerprint density at radius 1 is 1.35 bits per heavy atom. The van der Waals surface area contributed by atoms with Crippen molar-refractivity contribution in [3.05, 3.63) is 0 Å². The fourth-order valence-corrected chi connectivity index (χ4v) is 3.94. The van der Waals surface area contributed by atoms with Crippen LogP contribution in [0.2, 0.25) is 0 Å². The number of aliphatic carboxylic acids is 1. The summed E-state index contributed by atoms with van der Waals surface area (Å²) in [5, 5.41) is 9.10. The fraction of sp³-hybridized carbons (Fsp3) is 0.818. The summed E-state index contributed by atoms with van der Waals surface area (Å²) in [5.41, 5.74) is 5.17. The molecule has 8 nitrogen and oxygen atoms in total. The molecule has 116 valence electrons. The van der Waals surface area contributed by atoms with Gasteiger partial charge in [-0.25, -0.2) is 0 Å². The number of carbonyl (C=O) groups excluding carboxylic acids is 1. The van der Waals surface area contributed by atoms with Gasteiger partial charge in [-0.1, -0.05) is 13.8 Å². The Balaban J connectivity index is 2.96. The van der Waals surface area contributed by atoms with E-state index in [0.29, 0.717) is 12.8 Å². The smallest absolute Gasteiger partial charge is 0.322 e. The van der Waals surface area contributed by atoms with Crippen LogP contribution in [0.3, 0.4) is 0 Å². The van der Waals surface area contributed by atoms with Gasteiger partial charge in [0.05, 0.1) is 0 Å². The molecule has 1 rings (SSSR count). The third-order valence-electron chi connectivity index (χ3n) is 3.30. The number of carboxylic acids is 1. The number of hydrogen-bond donors (Lipinski definition) is 3. The molecule has 20 heavy (non-hydrogen) atoms. The second-order valence-corrected chi connectivity index (χ2v) is 6.86. The van der Waals surface area contributed by atoms with E-state index >= 15 is 0 Å². The number of primary amides is 1. The molecule has 1 amide bonds. The second kappa shape index (κ2) is 6.51. The number of amides is 1. The molecule has 4 N–H and O–H groups in total. The quantitative estimate of drug-likeness (QED) is 0.595. The average molecular weight is 307 g/mol. The lowest BCUT2D eigenvalue weighted by Crippen LogP contribution is -2.57. The fourth-order valence-electron chi connectivity index (χ4n) is 2.19. The van der Waals surface area contributed by atoms with Gasteiger partial charge in [-0.2, -0.15) is 17.4 Å². The van der Waals surface area contributed by atoms with E-state index in [9.17, 15) is 18.0 Å². The Morgan fingerprint density at radius 2 is 1.95 bits per heavy atom. The topological polar surface area (TPSA) is 130 Å². The highest BCUT2D eigenvalue weighted by atomic mass is 32.2. The van der Waals surface area contributed by atoms with Crippen molar-refractivity contribution < 1.29 is 23.1 Å². The lowest BCUT2D eigenvalue weighted by atomic mass is 10.1. The van der Waals surface area contributed by atoms with Crippen LogP contribution >= 0.6 is 0 Å². The third-order valence-corrected chi connectivity index (χ3v) is 4.90. The van der Waals surface area contributed by atoms with E-state index in [1.807, 2.05) is 0 Å². The summed E-state index contributed by atoms with van der Waals surface area (Å²) in [6, 6.07) is -2.15. The molecule has 0 spiro atoms. The minimum absolute atomic E-state index is 0.121. The predicted octanol–water partition coefficient (Wildman–Crippen LogP) is -0.730. The molecule has 1 saturated heterocycles. The van der Waals surface area contributed by atoms with Gasteiger partial charge in [-0.15, -0.1) is 0 Å². The Bertz CT molecular complexity index is 476. The Morgan fingerprint density at radius 3 is 2.40 bits per heavy atom. The van der Waals surface area contributed by atoms with Gasteiger partial charge in [0.1, 0.15) is 12.1 Å². The summed E-state index contributed by atoms with van der Waals surface area (Å²) >= 11 is 0. The number of piperidine rings is 1. The Kier molecular flexibility index (Phi) is 5.49. The van der Waals surface area contributed by atoms with Crippen LogP contribution in [0.25, 0.3) is 0 Å². The summed E-state index contributed by atoms with van der Waals surface area (Å²) in [6.45, 7) is 3.43. The van der Waals surface area contributed by atoms with E-state index in [4.69, 9.17) is 10.8 Å². The van der Waals surface area contributed by atoms with Crippen molar-refractivity contribution in [2.75, 3.05) is 6.54 Å². The third kappa shape index (κ3) is 3.90. The summed E-state index contributed by atoms with van der Waals surface area (Å²) in [6.07, 6.45) is 1.51. The van der Waals surface area contributed by atoms with Crippen molar-refractivity contribution in [1.82, 2.24) is 9.03 Å². The molecule has 0 saturated carbocycles. The van der Waals surface area contributed by atoms with Gasteiger partial charge in [-0.3, -0.25) is 9.59 Å². The van der Waals surface area contributed by atoms with Gasteiger partial charge in [-0.05, 0) is 25.2 Å². The van der Waals surface area contributed by atoms with E-state index in [0.717, 1.165) is 4.31 Å². The highest BCUT2D eigenvalue weighted by molar-refractivity contribution is 7.87. The van der Waals surface area contributed by atoms with Crippen LogP contribution in [-0.2, 0) is 19.8 Å². The zero-order chi connectivity index (χ0) is 15.5. The monoisotopic (exact) mass is 307 g/mol. The zero-order valence-corrected chi connectivity index (χ0v) is 12.4. The van der Waals surface area contributed by atoms with Crippen molar-refractivity contribution in [2.45, 2.75) is 45.2 Å². The van der Waals surface area contributed by atoms with Crippen LogP contribution in [0, 0.1) is 5.92 Å². The van der Waals surface area contributed by atoms with Gasteiger partial charge in [0.15, 0.2) is 0 Å². The molecule has 1 heterocycles. The molecule has 0 aliphatic carbocycles. The van der Waals surface area contributed by atoms with Gasteiger partial charge >= 0.3 is 5.97 Å². The molecule has 0 radical (unpaired) electrons. The number of hydrogen-bond acceptors (Lipinski definition) is 4. The number of nitrogens with one attached hydrogen (secondary N) is 1. The first-order valence-electron chi connectivity index (χ1n) is 6.48. The van der Waals surface area contributed by atoms with E-state index in [-0.39, 0.29) is 18.9 Å². The lowest BCUT2D eigenvalue weighted by Gasteiger charge is -2.33. The van der Waals surface area contributed by atoms with Gasteiger partial charge in [0, 0.05) is 6.54 Å². The van der Waals surface area contributed by atoms with Crippen LogP contribution in [-0.4, -0.2) is 48.3 Å². The minimum atomic E-state index is -4.07. The lowest BCUT2D eigenvalue weighted by molar-refractivity contribution is -0.142. The standard InChI is InChI=1S/C11H21N3O5S/c1-7(2)9(10(12)15)13-20(18,19)14-6-4-3-5-8(14)11(16)17/h7-9,13H,3-6H2,1-2H3,(H2,12,15)(H,16,17). The number of nitrogens with zero attached hydrogens (tertiary/aromatic N) is 1. The molecule has 2 atom stereocenters. The molecule has 1 fully saturated rings. The molecule has 1 aliphatic heterocycles. The van der Waals surface area contributed by atoms with Crippen LogP contribution < -0.4 is 10.5 Å². The van der Waals surface area contributed by atoms with E-state index < -0.39 is 34.2 Å². The summed E-state index contributed by atoms with van der Waals surface area (Å²) in [4.78, 5) is 22.4. The number of carboxylic acid groups (broad SMARTS) is 1. The molecule has 0 bridgehead atoms. The molecular formula is C11H21N3O5S. The molecule has 0 aromatic heterocycles. The molecular weight excluding hydrogens is 286 g/mol. The number of carbonyl (C=O) groups is 2. The van der Waals surface area contributed by atoms with E-state index in [2.05, 4.69) is 4.72 Å². The number of rotatable bonds is 6. The van der Waals surface area contributed by atoms with E-state index in [1.165, 1.54) is 0 Å². The highest BCUT2D eigenvalue weighted by Gasteiger charge is 2.38. The van der Waals surface area contributed by atoms with Crippen LogP contribution in [0.4, 0.5) is 0 Å².